The Morgan fingerprint density at radius 3 is 2.50 bits per heavy atom. The molecule has 2 heterocycles. The normalized spacial score (nSPS) is 10.4. The Morgan fingerprint density at radius 1 is 1.17 bits per heavy atom. The van der Waals surface area contributed by atoms with Gasteiger partial charge >= 0.3 is 0 Å². The lowest BCUT2D eigenvalue weighted by Crippen LogP contribution is -2.04. The predicted octanol–water partition coefficient (Wildman–Crippen LogP) is 5.34. The van der Waals surface area contributed by atoms with Gasteiger partial charge in [0.15, 0.2) is 5.82 Å². The van der Waals surface area contributed by atoms with E-state index in [1.165, 1.54) is 11.3 Å². The van der Waals surface area contributed by atoms with Crippen LogP contribution >= 0.6 is 22.9 Å². The molecule has 120 valence electrons. The van der Waals surface area contributed by atoms with E-state index in [1.54, 1.807) is 12.1 Å². The van der Waals surface area contributed by atoms with E-state index in [0.29, 0.717) is 15.7 Å². The summed E-state index contributed by atoms with van der Waals surface area (Å²) < 4.78 is 0.715. The van der Waals surface area contributed by atoms with E-state index in [2.05, 4.69) is 23.3 Å². The standard InChI is InChI=1S/C18H15ClN4S/c1-3-14-11(2)21-18(15-8-9-16(19)24-15)23-17(14)22-13-6-4-12(10-20)5-7-13/h4-9H,3H2,1-2H3,(H,21,22,23). The molecule has 0 aliphatic carbocycles. The van der Waals surface area contributed by atoms with Crippen molar-refractivity contribution in [1.82, 2.24) is 9.97 Å². The number of thiophene rings is 1. The Balaban J connectivity index is 2.01. The van der Waals surface area contributed by atoms with Crippen molar-refractivity contribution in [3.8, 4) is 16.8 Å². The van der Waals surface area contributed by atoms with Gasteiger partial charge in [-0.05, 0) is 49.7 Å². The molecule has 24 heavy (non-hydrogen) atoms. The molecule has 0 saturated heterocycles. The average Bonchev–Trinajstić information content (AvgIpc) is 3.02. The van der Waals surface area contributed by atoms with Crippen molar-refractivity contribution in [3.05, 3.63) is 57.6 Å². The molecular weight excluding hydrogens is 340 g/mol. The van der Waals surface area contributed by atoms with Crippen molar-refractivity contribution >= 4 is 34.4 Å². The van der Waals surface area contributed by atoms with Crippen LogP contribution in [0.25, 0.3) is 10.7 Å². The third-order valence-electron chi connectivity index (χ3n) is 3.64. The first kappa shape index (κ1) is 16.4. The summed E-state index contributed by atoms with van der Waals surface area (Å²) >= 11 is 7.49. The van der Waals surface area contributed by atoms with E-state index in [9.17, 15) is 0 Å². The second kappa shape index (κ2) is 7.00. The lowest BCUT2D eigenvalue weighted by molar-refractivity contribution is 1.01. The molecule has 0 saturated carbocycles. The number of nitriles is 1. The van der Waals surface area contributed by atoms with Gasteiger partial charge < -0.3 is 5.32 Å². The van der Waals surface area contributed by atoms with E-state index in [4.69, 9.17) is 21.8 Å². The number of benzene rings is 1. The summed E-state index contributed by atoms with van der Waals surface area (Å²) in [5.41, 5.74) is 3.54. The Kier molecular flexibility index (Phi) is 4.79. The molecular formula is C18H15ClN4S. The molecule has 3 aromatic rings. The van der Waals surface area contributed by atoms with Crippen molar-refractivity contribution in [1.29, 1.82) is 5.26 Å². The van der Waals surface area contributed by atoms with Crippen LogP contribution in [0.2, 0.25) is 4.34 Å². The zero-order valence-electron chi connectivity index (χ0n) is 13.3. The number of hydrogen-bond acceptors (Lipinski definition) is 5. The van der Waals surface area contributed by atoms with Gasteiger partial charge in [-0.3, -0.25) is 0 Å². The van der Waals surface area contributed by atoms with Crippen molar-refractivity contribution in [2.75, 3.05) is 5.32 Å². The smallest absolute Gasteiger partial charge is 0.171 e. The maximum atomic E-state index is 8.90. The molecule has 4 nitrogen and oxygen atoms in total. The highest BCUT2D eigenvalue weighted by Gasteiger charge is 2.13. The average molecular weight is 355 g/mol. The second-order valence-electron chi connectivity index (χ2n) is 5.23. The topological polar surface area (TPSA) is 61.6 Å². The van der Waals surface area contributed by atoms with Crippen LogP contribution in [0.3, 0.4) is 0 Å². The highest BCUT2D eigenvalue weighted by Crippen LogP contribution is 2.31. The van der Waals surface area contributed by atoms with E-state index in [-0.39, 0.29) is 0 Å². The van der Waals surface area contributed by atoms with Crippen molar-refractivity contribution in [3.63, 3.8) is 0 Å². The third kappa shape index (κ3) is 3.40. The molecule has 0 aliphatic rings. The van der Waals surface area contributed by atoms with Crippen LogP contribution in [0.15, 0.2) is 36.4 Å². The molecule has 0 spiro atoms. The number of hydrogen-bond donors (Lipinski definition) is 1. The van der Waals surface area contributed by atoms with Gasteiger partial charge in [0.2, 0.25) is 0 Å². The summed E-state index contributed by atoms with van der Waals surface area (Å²) in [6.07, 6.45) is 0.829. The molecule has 6 heteroatoms. The van der Waals surface area contributed by atoms with Crippen LogP contribution in [-0.2, 0) is 6.42 Å². The molecule has 0 aliphatic heterocycles. The van der Waals surface area contributed by atoms with Crippen molar-refractivity contribution in [2.24, 2.45) is 0 Å². The van der Waals surface area contributed by atoms with Crippen molar-refractivity contribution in [2.45, 2.75) is 20.3 Å². The molecule has 3 rings (SSSR count). The SMILES string of the molecule is CCc1c(C)nc(-c2ccc(Cl)s2)nc1Nc1ccc(C#N)cc1. The number of nitrogens with zero attached hydrogens (tertiary/aromatic N) is 3. The Labute approximate surface area is 149 Å². The Bertz CT molecular complexity index is 910. The lowest BCUT2D eigenvalue weighted by atomic mass is 10.1. The van der Waals surface area contributed by atoms with Crippen LogP contribution in [0.5, 0.6) is 0 Å². The molecule has 1 N–H and O–H groups in total. The van der Waals surface area contributed by atoms with E-state index in [0.717, 1.165) is 34.1 Å². The van der Waals surface area contributed by atoms with Gasteiger partial charge in [0.1, 0.15) is 5.82 Å². The van der Waals surface area contributed by atoms with Crippen LogP contribution in [0.4, 0.5) is 11.5 Å². The highest BCUT2D eigenvalue weighted by molar-refractivity contribution is 7.19. The minimum atomic E-state index is 0.629. The Hall–Kier alpha value is -2.42. The largest absolute Gasteiger partial charge is 0.340 e. The third-order valence-corrected chi connectivity index (χ3v) is 4.86. The molecule has 0 unspecified atom stereocenters. The maximum Gasteiger partial charge on any atom is 0.171 e. The fourth-order valence-electron chi connectivity index (χ4n) is 2.43. The van der Waals surface area contributed by atoms with Gasteiger partial charge in [-0.25, -0.2) is 9.97 Å². The summed E-state index contributed by atoms with van der Waals surface area (Å²) in [6.45, 7) is 4.07. The lowest BCUT2D eigenvalue weighted by Gasteiger charge is -2.13. The molecule has 2 aromatic heterocycles. The molecule has 0 fully saturated rings. The van der Waals surface area contributed by atoms with E-state index in [1.807, 2.05) is 31.2 Å². The Morgan fingerprint density at radius 2 is 1.92 bits per heavy atom. The number of aromatic nitrogens is 2. The minimum Gasteiger partial charge on any atom is -0.340 e. The maximum absolute atomic E-state index is 8.90. The van der Waals surface area contributed by atoms with Gasteiger partial charge in [0.25, 0.3) is 0 Å². The highest BCUT2D eigenvalue weighted by atomic mass is 35.5. The molecule has 0 atom stereocenters. The van der Waals surface area contributed by atoms with Gasteiger partial charge in [-0.1, -0.05) is 18.5 Å². The first-order chi connectivity index (χ1) is 11.6. The van der Waals surface area contributed by atoms with Gasteiger partial charge in [0, 0.05) is 16.9 Å². The van der Waals surface area contributed by atoms with E-state index >= 15 is 0 Å². The molecule has 0 bridgehead atoms. The predicted molar refractivity (Wildman–Crippen MR) is 98.9 cm³/mol. The second-order valence-corrected chi connectivity index (χ2v) is 6.95. The summed E-state index contributed by atoms with van der Waals surface area (Å²) in [5.74, 6) is 1.45. The first-order valence-corrected chi connectivity index (χ1v) is 8.70. The van der Waals surface area contributed by atoms with Gasteiger partial charge in [-0.15, -0.1) is 11.3 Å². The summed E-state index contributed by atoms with van der Waals surface area (Å²) in [5, 5.41) is 12.2. The van der Waals surface area contributed by atoms with Crippen LogP contribution in [0.1, 0.15) is 23.7 Å². The quantitative estimate of drug-likeness (QED) is 0.686. The van der Waals surface area contributed by atoms with Crippen LogP contribution in [-0.4, -0.2) is 9.97 Å². The minimum absolute atomic E-state index is 0.629. The number of nitrogens with one attached hydrogen (secondary N) is 1. The number of aryl methyl sites for hydroxylation is 1. The first-order valence-electron chi connectivity index (χ1n) is 7.51. The summed E-state index contributed by atoms with van der Waals surface area (Å²) in [6, 6.07) is 13.2. The monoisotopic (exact) mass is 354 g/mol. The van der Waals surface area contributed by atoms with E-state index < -0.39 is 0 Å². The van der Waals surface area contributed by atoms with Crippen molar-refractivity contribution < 1.29 is 0 Å². The summed E-state index contributed by atoms with van der Waals surface area (Å²) in [4.78, 5) is 10.2. The fraction of sp³-hybridized carbons (Fsp3) is 0.167. The van der Waals surface area contributed by atoms with Crippen LogP contribution < -0.4 is 5.32 Å². The molecule has 0 amide bonds. The summed E-state index contributed by atoms with van der Waals surface area (Å²) in [7, 11) is 0. The molecule has 1 aromatic carbocycles. The number of anilines is 2. The zero-order chi connectivity index (χ0) is 17.1. The van der Waals surface area contributed by atoms with Gasteiger partial charge in [-0.2, -0.15) is 5.26 Å². The number of rotatable bonds is 4. The van der Waals surface area contributed by atoms with Gasteiger partial charge in [0.05, 0.1) is 20.8 Å². The fourth-order valence-corrected chi connectivity index (χ4v) is 3.41. The number of halogens is 1. The van der Waals surface area contributed by atoms with Crippen LogP contribution in [0, 0.1) is 18.3 Å². The molecule has 0 radical (unpaired) electrons. The zero-order valence-corrected chi connectivity index (χ0v) is 14.9.